The summed E-state index contributed by atoms with van der Waals surface area (Å²) in [4.78, 5) is 3.94. The van der Waals surface area contributed by atoms with E-state index in [1.165, 1.54) is 12.3 Å². The van der Waals surface area contributed by atoms with E-state index in [4.69, 9.17) is 11.6 Å². The first-order valence-electron chi connectivity index (χ1n) is 6.05. The number of hydrogen-bond acceptors (Lipinski definition) is 4. The minimum absolute atomic E-state index is 0.00502. The van der Waals surface area contributed by atoms with Crippen LogP contribution in [0.3, 0.4) is 0 Å². The van der Waals surface area contributed by atoms with Gasteiger partial charge in [0.25, 0.3) is 0 Å². The summed E-state index contributed by atoms with van der Waals surface area (Å²) >= 11 is 6.14. The monoisotopic (exact) mass is 310 g/mol. The number of nitrogens with one attached hydrogen (secondary N) is 1. The van der Waals surface area contributed by atoms with Gasteiger partial charge in [0.1, 0.15) is 0 Å². The molecule has 1 aromatic carbocycles. The molecule has 0 amide bonds. The van der Waals surface area contributed by atoms with Crippen molar-refractivity contribution in [1.82, 2.24) is 4.98 Å². The highest BCUT2D eigenvalue weighted by Gasteiger charge is 2.11. The van der Waals surface area contributed by atoms with E-state index in [-0.39, 0.29) is 11.1 Å². The Balaban J connectivity index is 2.17. The number of nitrogens with zero attached hydrogens (tertiary/aromatic N) is 1. The van der Waals surface area contributed by atoms with Gasteiger partial charge in [0, 0.05) is 11.3 Å². The Morgan fingerprint density at radius 1 is 1.20 bits per heavy atom. The van der Waals surface area contributed by atoms with E-state index in [1.54, 1.807) is 6.07 Å². The van der Waals surface area contributed by atoms with E-state index in [1.807, 2.05) is 31.2 Å². The first-order chi connectivity index (χ1) is 9.38. The van der Waals surface area contributed by atoms with Crippen molar-refractivity contribution >= 4 is 27.1 Å². The summed E-state index contributed by atoms with van der Waals surface area (Å²) in [5.74, 6) is 0. The molecule has 20 heavy (non-hydrogen) atoms. The number of rotatable bonds is 4. The highest BCUT2D eigenvalue weighted by atomic mass is 35.5. The van der Waals surface area contributed by atoms with Crippen molar-refractivity contribution in [2.24, 2.45) is 0 Å². The van der Waals surface area contributed by atoms with Crippen LogP contribution in [0.1, 0.15) is 18.5 Å². The van der Waals surface area contributed by atoms with Crippen LogP contribution in [-0.4, -0.2) is 19.7 Å². The van der Waals surface area contributed by atoms with E-state index < -0.39 is 9.84 Å². The van der Waals surface area contributed by atoms with Gasteiger partial charge in [0.05, 0.1) is 17.9 Å². The third-order valence-corrected chi connectivity index (χ3v) is 4.22. The Kier molecular flexibility index (Phi) is 4.30. The van der Waals surface area contributed by atoms with Gasteiger partial charge in [0.15, 0.2) is 14.9 Å². The van der Waals surface area contributed by atoms with Crippen LogP contribution in [0.15, 0.2) is 47.6 Å². The average Bonchev–Trinajstić information content (AvgIpc) is 2.38. The van der Waals surface area contributed by atoms with Crippen LogP contribution in [0.25, 0.3) is 0 Å². The zero-order valence-corrected chi connectivity index (χ0v) is 12.7. The molecule has 0 radical (unpaired) electrons. The fourth-order valence-electron chi connectivity index (χ4n) is 1.84. The number of sulfone groups is 1. The molecule has 0 spiro atoms. The molecule has 0 saturated heterocycles. The third kappa shape index (κ3) is 3.49. The van der Waals surface area contributed by atoms with E-state index in [0.29, 0.717) is 5.02 Å². The summed E-state index contributed by atoms with van der Waals surface area (Å²) in [6.45, 7) is 1.98. The number of halogens is 1. The van der Waals surface area contributed by atoms with Gasteiger partial charge in [-0.15, -0.1) is 0 Å². The molecule has 1 aromatic heterocycles. The second-order valence-electron chi connectivity index (χ2n) is 4.54. The molecular weight excluding hydrogens is 296 g/mol. The van der Waals surface area contributed by atoms with Gasteiger partial charge in [0.2, 0.25) is 0 Å². The van der Waals surface area contributed by atoms with Gasteiger partial charge in [-0.3, -0.25) is 0 Å². The minimum Gasteiger partial charge on any atom is -0.377 e. The molecule has 1 atom stereocenters. The van der Waals surface area contributed by atoms with Crippen molar-refractivity contribution in [1.29, 1.82) is 0 Å². The SMILES string of the molecule is CC(Nc1ccc(S(C)(=O)=O)nc1)c1ccccc1Cl. The van der Waals surface area contributed by atoms with Gasteiger partial charge in [-0.25, -0.2) is 13.4 Å². The number of anilines is 1. The molecular formula is C14H15ClN2O2S. The molecule has 6 heteroatoms. The number of pyridine rings is 1. The summed E-state index contributed by atoms with van der Waals surface area (Å²) in [6, 6.07) is 10.7. The van der Waals surface area contributed by atoms with Crippen LogP contribution in [-0.2, 0) is 9.84 Å². The predicted octanol–water partition coefficient (Wildman–Crippen LogP) is 3.31. The van der Waals surface area contributed by atoms with Crippen molar-refractivity contribution < 1.29 is 8.42 Å². The zero-order chi connectivity index (χ0) is 14.8. The molecule has 106 valence electrons. The van der Waals surface area contributed by atoms with Crippen LogP contribution >= 0.6 is 11.6 Å². The van der Waals surface area contributed by atoms with Crippen molar-refractivity contribution in [3.8, 4) is 0 Å². The van der Waals surface area contributed by atoms with Crippen LogP contribution in [0, 0.1) is 0 Å². The molecule has 0 bridgehead atoms. The summed E-state index contributed by atoms with van der Waals surface area (Å²) in [5.41, 5.74) is 1.71. The Labute approximate surface area is 123 Å². The summed E-state index contributed by atoms with van der Waals surface area (Å²) in [6.07, 6.45) is 2.64. The maximum Gasteiger partial charge on any atom is 0.192 e. The Morgan fingerprint density at radius 2 is 1.90 bits per heavy atom. The topological polar surface area (TPSA) is 59.1 Å². The lowest BCUT2D eigenvalue weighted by Gasteiger charge is -2.16. The normalized spacial score (nSPS) is 12.9. The quantitative estimate of drug-likeness (QED) is 0.941. The minimum atomic E-state index is -3.27. The fraction of sp³-hybridized carbons (Fsp3) is 0.214. The number of aromatic nitrogens is 1. The fourth-order valence-corrected chi connectivity index (χ4v) is 2.70. The molecule has 0 aliphatic heterocycles. The molecule has 0 saturated carbocycles. The maximum atomic E-state index is 11.3. The number of hydrogen-bond donors (Lipinski definition) is 1. The second-order valence-corrected chi connectivity index (χ2v) is 6.91. The average molecular weight is 311 g/mol. The van der Waals surface area contributed by atoms with Crippen molar-refractivity contribution in [2.45, 2.75) is 18.0 Å². The van der Waals surface area contributed by atoms with E-state index in [2.05, 4.69) is 10.3 Å². The van der Waals surface area contributed by atoms with E-state index in [0.717, 1.165) is 17.5 Å². The van der Waals surface area contributed by atoms with E-state index in [9.17, 15) is 8.42 Å². The summed E-state index contributed by atoms with van der Waals surface area (Å²) in [5, 5.41) is 3.99. The highest BCUT2D eigenvalue weighted by Crippen LogP contribution is 2.25. The molecule has 0 aliphatic rings. The second kappa shape index (κ2) is 5.81. The van der Waals surface area contributed by atoms with Crippen LogP contribution in [0.5, 0.6) is 0 Å². The first-order valence-corrected chi connectivity index (χ1v) is 8.32. The summed E-state index contributed by atoms with van der Waals surface area (Å²) in [7, 11) is -3.27. The third-order valence-electron chi connectivity index (χ3n) is 2.87. The van der Waals surface area contributed by atoms with Crippen molar-refractivity contribution in [3.63, 3.8) is 0 Å². The molecule has 1 N–H and O–H groups in total. The molecule has 0 aliphatic carbocycles. The highest BCUT2D eigenvalue weighted by molar-refractivity contribution is 7.90. The Hall–Kier alpha value is -1.59. The van der Waals surface area contributed by atoms with E-state index >= 15 is 0 Å². The van der Waals surface area contributed by atoms with Gasteiger partial charge < -0.3 is 5.32 Å². The van der Waals surface area contributed by atoms with Gasteiger partial charge >= 0.3 is 0 Å². The largest absolute Gasteiger partial charge is 0.377 e. The summed E-state index contributed by atoms with van der Waals surface area (Å²) < 4.78 is 22.7. The molecule has 1 unspecified atom stereocenters. The van der Waals surface area contributed by atoms with Crippen LogP contribution in [0.4, 0.5) is 5.69 Å². The van der Waals surface area contributed by atoms with Gasteiger partial charge in [-0.05, 0) is 30.7 Å². The molecule has 2 aromatic rings. The van der Waals surface area contributed by atoms with Gasteiger partial charge in [-0.2, -0.15) is 0 Å². The molecule has 0 fully saturated rings. The van der Waals surface area contributed by atoms with Crippen LogP contribution < -0.4 is 5.32 Å². The van der Waals surface area contributed by atoms with Crippen molar-refractivity contribution in [2.75, 3.05) is 11.6 Å². The van der Waals surface area contributed by atoms with Gasteiger partial charge in [-0.1, -0.05) is 29.8 Å². The van der Waals surface area contributed by atoms with Crippen LogP contribution in [0.2, 0.25) is 5.02 Å². The molecule has 2 rings (SSSR count). The standard InChI is InChI=1S/C14H15ClN2O2S/c1-10(12-5-3-4-6-13(12)15)17-11-7-8-14(16-9-11)20(2,18)19/h3-10,17H,1-2H3. The Morgan fingerprint density at radius 3 is 2.45 bits per heavy atom. The molecule has 4 nitrogen and oxygen atoms in total. The predicted molar refractivity (Wildman–Crippen MR) is 80.8 cm³/mol. The lowest BCUT2D eigenvalue weighted by Crippen LogP contribution is -2.08. The molecule has 1 heterocycles. The lowest BCUT2D eigenvalue weighted by molar-refractivity contribution is 0.598. The first kappa shape index (κ1) is 14.8. The zero-order valence-electron chi connectivity index (χ0n) is 11.2. The lowest BCUT2D eigenvalue weighted by atomic mass is 10.1. The smallest absolute Gasteiger partial charge is 0.192 e. The number of benzene rings is 1. The maximum absolute atomic E-state index is 11.3. The Bertz CT molecular complexity index is 699. The van der Waals surface area contributed by atoms with Crippen molar-refractivity contribution in [3.05, 3.63) is 53.2 Å².